The van der Waals surface area contributed by atoms with Crippen LogP contribution in [0.15, 0.2) is 18.2 Å². The number of rotatable bonds is 3. The minimum atomic E-state index is 0.629. The molecule has 1 aromatic carbocycles. The molecule has 0 spiro atoms. The highest BCUT2D eigenvalue weighted by Crippen LogP contribution is 2.19. The highest BCUT2D eigenvalue weighted by molar-refractivity contribution is 5.53. The predicted octanol–water partition coefficient (Wildman–Crippen LogP) is 2.34. The maximum Gasteiger partial charge on any atom is 0.118 e. The van der Waals surface area contributed by atoms with Crippen molar-refractivity contribution < 1.29 is 4.74 Å². The number of nitrogens with zero attached hydrogens (tertiary/aromatic N) is 1. The van der Waals surface area contributed by atoms with Crippen LogP contribution in [0.25, 0.3) is 0 Å². The van der Waals surface area contributed by atoms with E-state index in [1.54, 1.807) is 7.11 Å². The molecule has 0 aliphatic carbocycles. The van der Waals surface area contributed by atoms with Crippen molar-refractivity contribution in [3.05, 3.63) is 29.3 Å². The van der Waals surface area contributed by atoms with E-state index in [-0.39, 0.29) is 0 Å². The molecule has 0 N–H and O–H groups in total. The van der Waals surface area contributed by atoms with Crippen molar-refractivity contribution in [2.75, 3.05) is 25.8 Å². The predicted molar refractivity (Wildman–Crippen MR) is 56.2 cm³/mol. The molecule has 0 aromatic heterocycles. The van der Waals surface area contributed by atoms with Crippen LogP contribution in [0.2, 0.25) is 0 Å². The van der Waals surface area contributed by atoms with E-state index in [1.807, 2.05) is 7.05 Å². The smallest absolute Gasteiger partial charge is 0.118 e. The minimum absolute atomic E-state index is 0.629. The molecular formula is C11H17NO. The Morgan fingerprint density at radius 3 is 2.54 bits per heavy atom. The van der Waals surface area contributed by atoms with Crippen molar-refractivity contribution in [2.45, 2.75) is 13.8 Å². The molecule has 1 rings (SSSR count). The van der Waals surface area contributed by atoms with Crippen LogP contribution in [0, 0.1) is 13.8 Å². The molecule has 13 heavy (non-hydrogen) atoms. The van der Waals surface area contributed by atoms with Crippen LogP contribution in [0.3, 0.4) is 0 Å². The largest absolute Gasteiger partial charge is 0.364 e. The van der Waals surface area contributed by atoms with Crippen LogP contribution in [0.1, 0.15) is 11.1 Å². The first-order valence-electron chi connectivity index (χ1n) is 4.42. The molecule has 72 valence electrons. The van der Waals surface area contributed by atoms with Crippen molar-refractivity contribution in [3.63, 3.8) is 0 Å². The van der Waals surface area contributed by atoms with E-state index < -0.39 is 0 Å². The molecule has 0 fully saturated rings. The Labute approximate surface area is 80.1 Å². The first-order valence-corrected chi connectivity index (χ1v) is 4.42. The molecule has 0 aliphatic heterocycles. The summed E-state index contributed by atoms with van der Waals surface area (Å²) in [5.41, 5.74) is 3.82. The van der Waals surface area contributed by atoms with E-state index in [1.165, 1.54) is 16.8 Å². The fraction of sp³-hybridized carbons (Fsp3) is 0.455. The lowest BCUT2D eigenvalue weighted by Gasteiger charge is -2.20. The van der Waals surface area contributed by atoms with Gasteiger partial charge in [0.1, 0.15) is 6.73 Å². The van der Waals surface area contributed by atoms with Crippen LogP contribution >= 0.6 is 0 Å². The number of aryl methyl sites for hydroxylation is 2. The number of benzene rings is 1. The highest BCUT2D eigenvalue weighted by atomic mass is 16.5. The van der Waals surface area contributed by atoms with Crippen LogP contribution in [-0.2, 0) is 4.74 Å². The Kier molecular flexibility index (Phi) is 3.32. The Morgan fingerprint density at radius 1 is 1.31 bits per heavy atom. The fourth-order valence-electron chi connectivity index (χ4n) is 1.50. The zero-order valence-electron chi connectivity index (χ0n) is 8.79. The maximum absolute atomic E-state index is 5.07. The Morgan fingerprint density at radius 2 is 2.00 bits per heavy atom. The molecule has 0 amide bonds. The summed E-state index contributed by atoms with van der Waals surface area (Å²) in [5.74, 6) is 0. The van der Waals surface area contributed by atoms with Gasteiger partial charge in [0, 0.05) is 19.8 Å². The second-order valence-electron chi connectivity index (χ2n) is 3.41. The maximum atomic E-state index is 5.07. The van der Waals surface area contributed by atoms with Gasteiger partial charge in [-0.05, 0) is 25.5 Å². The van der Waals surface area contributed by atoms with Crippen LogP contribution in [0.5, 0.6) is 0 Å². The number of ether oxygens (including phenoxy) is 1. The molecule has 2 nitrogen and oxygen atoms in total. The van der Waals surface area contributed by atoms with Gasteiger partial charge < -0.3 is 9.64 Å². The molecule has 0 aliphatic rings. The molecule has 0 radical (unpaired) electrons. The third kappa shape index (κ3) is 2.46. The van der Waals surface area contributed by atoms with E-state index in [9.17, 15) is 0 Å². The number of hydrogen-bond donors (Lipinski definition) is 0. The van der Waals surface area contributed by atoms with Gasteiger partial charge in [-0.15, -0.1) is 0 Å². The van der Waals surface area contributed by atoms with Gasteiger partial charge in [0.15, 0.2) is 0 Å². The topological polar surface area (TPSA) is 12.5 Å². The lowest BCUT2D eigenvalue weighted by Crippen LogP contribution is -2.20. The van der Waals surface area contributed by atoms with Gasteiger partial charge in [0.2, 0.25) is 0 Å². The van der Waals surface area contributed by atoms with Crippen LogP contribution in [0.4, 0.5) is 5.69 Å². The first kappa shape index (κ1) is 10.1. The van der Waals surface area contributed by atoms with Crippen molar-refractivity contribution in [1.82, 2.24) is 0 Å². The van der Waals surface area contributed by atoms with Gasteiger partial charge >= 0.3 is 0 Å². The second-order valence-corrected chi connectivity index (χ2v) is 3.41. The number of hydrogen-bond acceptors (Lipinski definition) is 2. The van der Waals surface area contributed by atoms with Gasteiger partial charge in [-0.25, -0.2) is 0 Å². The molecule has 0 heterocycles. The average molecular weight is 179 g/mol. The fourth-order valence-corrected chi connectivity index (χ4v) is 1.50. The lowest BCUT2D eigenvalue weighted by atomic mass is 10.1. The van der Waals surface area contributed by atoms with E-state index >= 15 is 0 Å². The number of anilines is 1. The molecule has 0 bridgehead atoms. The minimum Gasteiger partial charge on any atom is -0.364 e. The van der Waals surface area contributed by atoms with Crippen molar-refractivity contribution in [3.8, 4) is 0 Å². The third-order valence-corrected chi connectivity index (χ3v) is 2.09. The van der Waals surface area contributed by atoms with Gasteiger partial charge in [0.25, 0.3) is 0 Å². The average Bonchev–Trinajstić information content (AvgIpc) is 2.04. The van der Waals surface area contributed by atoms with Gasteiger partial charge in [-0.2, -0.15) is 0 Å². The van der Waals surface area contributed by atoms with E-state index in [0.717, 1.165) is 0 Å². The summed E-state index contributed by atoms with van der Waals surface area (Å²) in [6.07, 6.45) is 0. The van der Waals surface area contributed by atoms with Crippen LogP contribution < -0.4 is 4.90 Å². The van der Waals surface area contributed by atoms with E-state index in [0.29, 0.717) is 6.73 Å². The second kappa shape index (κ2) is 4.28. The zero-order chi connectivity index (χ0) is 9.84. The van der Waals surface area contributed by atoms with Crippen molar-refractivity contribution >= 4 is 5.69 Å². The molecule has 0 atom stereocenters. The van der Waals surface area contributed by atoms with Crippen molar-refractivity contribution in [1.29, 1.82) is 0 Å². The summed E-state index contributed by atoms with van der Waals surface area (Å²) in [6.45, 7) is 4.85. The quantitative estimate of drug-likeness (QED) is 0.660. The molecule has 0 unspecified atom stereocenters. The Balaban J connectivity index is 2.88. The SMILES string of the molecule is COCN(C)c1ccc(C)cc1C. The Bertz CT molecular complexity index is 283. The van der Waals surface area contributed by atoms with Crippen molar-refractivity contribution in [2.24, 2.45) is 0 Å². The van der Waals surface area contributed by atoms with E-state index in [4.69, 9.17) is 4.74 Å². The van der Waals surface area contributed by atoms with Gasteiger partial charge in [0.05, 0.1) is 0 Å². The standard InChI is InChI=1S/C11H17NO/c1-9-5-6-11(10(2)7-9)12(3)8-13-4/h5-7H,8H2,1-4H3. The van der Waals surface area contributed by atoms with Gasteiger partial charge in [-0.1, -0.05) is 17.7 Å². The molecule has 0 saturated heterocycles. The lowest BCUT2D eigenvalue weighted by molar-refractivity contribution is 0.202. The summed E-state index contributed by atoms with van der Waals surface area (Å²) >= 11 is 0. The first-order chi connectivity index (χ1) is 6.15. The zero-order valence-corrected chi connectivity index (χ0v) is 8.79. The molecule has 0 saturated carbocycles. The third-order valence-electron chi connectivity index (χ3n) is 2.09. The summed E-state index contributed by atoms with van der Waals surface area (Å²) in [6, 6.07) is 6.43. The molecule has 1 aromatic rings. The van der Waals surface area contributed by atoms with E-state index in [2.05, 4.69) is 36.9 Å². The van der Waals surface area contributed by atoms with Crippen LogP contribution in [-0.4, -0.2) is 20.9 Å². The molecule has 2 heteroatoms. The summed E-state index contributed by atoms with van der Waals surface area (Å²) < 4.78 is 5.07. The monoisotopic (exact) mass is 179 g/mol. The van der Waals surface area contributed by atoms with Gasteiger partial charge in [-0.3, -0.25) is 0 Å². The highest BCUT2D eigenvalue weighted by Gasteiger charge is 2.02. The summed E-state index contributed by atoms with van der Waals surface area (Å²) in [7, 11) is 3.74. The number of methoxy groups -OCH3 is 1. The Hall–Kier alpha value is -1.02. The normalized spacial score (nSPS) is 10.2. The molecular weight excluding hydrogens is 162 g/mol. The summed E-state index contributed by atoms with van der Waals surface area (Å²) in [5, 5.41) is 0. The summed E-state index contributed by atoms with van der Waals surface area (Å²) in [4.78, 5) is 2.09.